The lowest BCUT2D eigenvalue weighted by Gasteiger charge is -2.35. The van der Waals surface area contributed by atoms with Crippen LogP contribution in [0.15, 0.2) is 0 Å². The maximum Gasteiger partial charge on any atom is 0.167 e. The Bertz CT molecular complexity index is 341. The van der Waals surface area contributed by atoms with Gasteiger partial charge >= 0.3 is 0 Å². The molecule has 4 heteroatoms. The van der Waals surface area contributed by atoms with Crippen LogP contribution in [0.3, 0.4) is 0 Å². The van der Waals surface area contributed by atoms with Crippen molar-refractivity contribution in [2.45, 2.75) is 49.8 Å². The van der Waals surface area contributed by atoms with Gasteiger partial charge in [-0.05, 0) is 19.3 Å². The van der Waals surface area contributed by atoms with Gasteiger partial charge in [-0.15, -0.1) is 0 Å². The van der Waals surface area contributed by atoms with Crippen molar-refractivity contribution in [1.82, 2.24) is 0 Å². The van der Waals surface area contributed by atoms with E-state index in [-0.39, 0.29) is 29.8 Å². The number of carbonyl (C=O) groups excluding carboxylic acids is 1. The average Bonchev–Trinajstić information content (AvgIpc) is 2.74. The number of fused-ring (bicyclic) bond motifs is 1. The molecule has 1 spiro atoms. The van der Waals surface area contributed by atoms with Gasteiger partial charge < -0.3 is 14.6 Å². The molecule has 0 radical (unpaired) electrons. The molecule has 0 unspecified atom stereocenters. The molecule has 4 rings (SSSR count). The predicted molar refractivity (Wildman–Crippen MR) is 48.9 cm³/mol. The molecular weight excluding hydrogens is 196 g/mol. The van der Waals surface area contributed by atoms with E-state index in [1.54, 1.807) is 0 Å². The van der Waals surface area contributed by atoms with E-state index < -0.39 is 11.9 Å². The van der Waals surface area contributed by atoms with Gasteiger partial charge in [-0.25, -0.2) is 0 Å². The lowest BCUT2D eigenvalue weighted by atomic mass is 9.81. The second kappa shape index (κ2) is 2.44. The number of hydrogen-bond donors (Lipinski definition) is 1. The van der Waals surface area contributed by atoms with Crippen molar-refractivity contribution < 1.29 is 19.4 Å². The third-order valence-corrected chi connectivity index (χ3v) is 4.72. The summed E-state index contributed by atoms with van der Waals surface area (Å²) in [5, 5.41) is 9.84. The molecule has 1 N–H and O–H groups in total. The quantitative estimate of drug-likeness (QED) is 0.622. The fourth-order valence-corrected chi connectivity index (χ4v) is 4.17. The zero-order chi connectivity index (χ0) is 10.2. The zero-order valence-electron chi connectivity index (χ0n) is 8.39. The van der Waals surface area contributed by atoms with Gasteiger partial charge in [-0.3, -0.25) is 4.79 Å². The van der Waals surface area contributed by atoms with Crippen LogP contribution in [0.5, 0.6) is 0 Å². The molecule has 15 heavy (non-hydrogen) atoms. The summed E-state index contributed by atoms with van der Waals surface area (Å²) in [6.07, 6.45) is 2.41. The van der Waals surface area contributed by atoms with Crippen LogP contribution in [-0.2, 0) is 14.3 Å². The average molecular weight is 210 g/mol. The van der Waals surface area contributed by atoms with E-state index in [2.05, 4.69) is 0 Å². The van der Waals surface area contributed by atoms with E-state index in [1.807, 2.05) is 0 Å². The van der Waals surface area contributed by atoms with Crippen LogP contribution in [0.25, 0.3) is 0 Å². The second-order valence-electron chi connectivity index (χ2n) is 5.24. The van der Waals surface area contributed by atoms with Gasteiger partial charge in [0.25, 0.3) is 0 Å². The van der Waals surface area contributed by atoms with Gasteiger partial charge in [-0.1, -0.05) is 0 Å². The highest BCUT2D eigenvalue weighted by molar-refractivity contribution is 5.90. The first-order valence-electron chi connectivity index (χ1n) is 5.77. The summed E-state index contributed by atoms with van der Waals surface area (Å²) in [6.45, 7) is 0. The summed E-state index contributed by atoms with van der Waals surface area (Å²) >= 11 is 0. The molecule has 4 fully saturated rings. The minimum absolute atomic E-state index is 0.0250. The maximum absolute atomic E-state index is 12.1. The Balaban J connectivity index is 1.85. The van der Waals surface area contributed by atoms with E-state index in [0.717, 1.165) is 19.3 Å². The summed E-state index contributed by atoms with van der Waals surface area (Å²) in [6, 6.07) is 0. The molecule has 0 aromatic carbocycles. The first-order valence-corrected chi connectivity index (χ1v) is 5.77. The molecule has 1 aliphatic carbocycles. The topological polar surface area (TPSA) is 55.8 Å². The number of carbonyl (C=O) groups is 1. The normalized spacial score (nSPS) is 61.1. The molecule has 0 amide bonds. The molecule has 2 bridgehead atoms. The molecular formula is C11H14O4. The third-order valence-electron chi connectivity index (χ3n) is 4.72. The van der Waals surface area contributed by atoms with Crippen LogP contribution < -0.4 is 0 Å². The van der Waals surface area contributed by atoms with Gasteiger partial charge in [0.05, 0.1) is 12.2 Å². The van der Waals surface area contributed by atoms with Gasteiger partial charge in [-0.2, -0.15) is 0 Å². The molecule has 6 atom stereocenters. The fraction of sp³-hybridized carbons (Fsp3) is 0.909. The fourth-order valence-electron chi connectivity index (χ4n) is 4.17. The largest absolute Gasteiger partial charge is 0.368 e. The lowest BCUT2D eigenvalue weighted by Crippen LogP contribution is -2.49. The smallest absolute Gasteiger partial charge is 0.167 e. The minimum atomic E-state index is -0.710. The Morgan fingerprint density at radius 1 is 1.47 bits per heavy atom. The number of aliphatic hydroxyl groups is 1. The van der Waals surface area contributed by atoms with Gasteiger partial charge in [0.2, 0.25) is 0 Å². The molecule has 4 aliphatic rings. The second-order valence-corrected chi connectivity index (χ2v) is 5.24. The first-order chi connectivity index (χ1) is 7.22. The number of hydrogen-bond acceptors (Lipinski definition) is 4. The molecule has 0 aromatic rings. The van der Waals surface area contributed by atoms with Crippen molar-refractivity contribution in [3.63, 3.8) is 0 Å². The van der Waals surface area contributed by atoms with E-state index >= 15 is 0 Å². The molecule has 3 aliphatic heterocycles. The van der Waals surface area contributed by atoms with Crippen molar-refractivity contribution in [1.29, 1.82) is 0 Å². The van der Waals surface area contributed by atoms with Gasteiger partial charge in [0.1, 0.15) is 5.60 Å². The molecule has 1 saturated carbocycles. The Labute approximate surface area is 87.5 Å². The van der Waals surface area contributed by atoms with E-state index in [9.17, 15) is 9.90 Å². The molecule has 3 heterocycles. The van der Waals surface area contributed by atoms with Crippen LogP contribution in [-0.4, -0.2) is 35.0 Å². The molecule has 4 nitrogen and oxygen atoms in total. The third kappa shape index (κ3) is 0.799. The highest BCUT2D eigenvalue weighted by atomic mass is 16.7. The van der Waals surface area contributed by atoms with Gasteiger partial charge in [0, 0.05) is 18.3 Å². The number of rotatable bonds is 0. The Morgan fingerprint density at radius 2 is 2.33 bits per heavy atom. The van der Waals surface area contributed by atoms with Crippen LogP contribution >= 0.6 is 0 Å². The zero-order valence-corrected chi connectivity index (χ0v) is 8.39. The lowest BCUT2D eigenvalue weighted by molar-refractivity contribution is -0.183. The van der Waals surface area contributed by atoms with Crippen LogP contribution in [0, 0.1) is 11.8 Å². The number of aliphatic hydroxyl groups excluding tert-OH is 1. The summed E-state index contributed by atoms with van der Waals surface area (Å²) in [7, 11) is 0. The van der Waals surface area contributed by atoms with Crippen molar-refractivity contribution >= 4 is 5.78 Å². The molecule has 82 valence electrons. The van der Waals surface area contributed by atoms with Gasteiger partial charge in [0.15, 0.2) is 12.1 Å². The molecule has 0 aromatic heterocycles. The van der Waals surface area contributed by atoms with Crippen LogP contribution in [0.4, 0.5) is 0 Å². The van der Waals surface area contributed by atoms with Crippen LogP contribution in [0.1, 0.15) is 25.7 Å². The van der Waals surface area contributed by atoms with E-state index in [4.69, 9.17) is 9.47 Å². The van der Waals surface area contributed by atoms with E-state index in [1.165, 1.54) is 0 Å². The Morgan fingerprint density at radius 3 is 3.20 bits per heavy atom. The highest BCUT2D eigenvalue weighted by Crippen LogP contribution is 2.59. The maximum atomic E-state index is 12.1. The highest BCUT2D eigenvalue weighted by Gasteiger charge is 2.70. The molecule has 3 saturated heterocycles. The van der Waals surface area contributed by atoms with Crippen molar-refractivity contribution in [2.75, 3.05) is 0 Å². The van der Waals surface area contributed by atoms with E-state index in [0.29, 0.717) is 6.42 Å². The summed E-state index contributed by atoms with van der Waals surface area (Å²) in [5.41, 5.74) is -0.531. The SMILES string of the molecule is O=C1C[C@H]2O[C@H](O)[C@@H]3[C@H]2O[C@]12CCC[C@@H]32. The summed E-state index contributed by atoms with van der Waals surface area (Å²) in [4.78, 5) is 12.1. The van der Waals surface area contributed by atoms with Crippen LogP contribution in [0.2, 0.25) is 0 Å². The Kier molecular flexibility index (Phi) is 1.41. The van der Waals surface area contributed by atoms with Crippen molar-refractivity contribution in [3.8, 4) is 0 Å². The first kappa shape index (κ1) is 8.67. The number of Topliss-reactive ketones (excluding diaryl/α,β-unsaturated/α-hetero) is 1. The van der Waals surface area contributed by atoms with Crippen molar-refractivity contribution in [3.05, 3.63) is 0 Å². The minimum Gasteiger partial charge on any atom is -0.368 e. The Hall–Kier alpha value is -0.450. The number of ketones is 1. The monoisotopic (exact) mass is 210 g/mol. The standard InChI is InChI=1S/C11H14O4/c12-7-4-6-9-8(10(13)14-6)5-2-1-3-11(5,7)15-9/h5-6,8-10,13H,1-4H2/t5-,6+,8-,9-,10-,11-/m0/s1. The summed E-state index contributed by atoms with van der Waals surface area (Å²) in [5.74, 6) is 0.460. The number of ether oxygens (including phenoxy) is 2. The summed E-state index contributed by atoms with van der Waals surface area (Å²) < 4.78 is 11.3. The van der Waals surface area contributed by atoms with Crippen molar-refractivity contribution in [2.24, 2.45) is 11.8 Å². The predicted octanol–water partition coefficient (Wildman–Crippen LogP) is 0.230.